The number of hydrogen-bond acceptors (Lipinski definition) is 3. The molecule has 0 aliphatic rings. The zero-order valence-corrected chi connectivity index (χ0v) is 18.6. The quantitative estimate of drug-likeness (QED) is 0.631. The topological polar surface area (TPSA) is 61.4 Å². The molecular weight excluding hydrogens is 409 g/mol. The van der Waals surface area contributed by atoms with E-state index in [1.54, 1.807) is 37.1 Å². The van der Waals surface area contributed by atoms with Gasteiger partial charge in [-0.1, -0.05) is 54.4 Å². The molecule has 0 radical (unpaired) electrons. The number of nitrogens with one attached hydrogen (secondary N) is 2. The highest BCUT2D eigenvalue weighted by molar-refractivity contribution is 6.35. The van der Waals surface area contributed by atoms with E-state index in [0.29, 0.717) is 10.0 Å². The van der Waals surface area contributed by atoms with E-state index >= 15 is 0 Å². The third kappa shape index (κ3) is 6.46. The molecule has 0 saturated carbocycles. The van der Waals surface area contributed by atoms with Crippen molar-refractivity contribution >= 4 is 40.7 Å². The summed E-state index contributed by atoms with van der Waals surface area (Å²) in [6.45, 7) is 5.76. The Labute approximate surface area is 182 Å². The van der Waals surface area contributed by atoms with E-state index in [0.717, 1.165) is 23.2 Å². The van der Waals surface area contributed by atoms with Crippen LogP contribution in [0.15, 0.2) is 42.5 Å². The average Bonchev–Trinajstić information content (AvgIpc) is 2.67. The minimum absolute atomic E-state index is 0.0999. The molecule has 0 bridgehead atoms. The van der Waals surface area contributed by atoms with Gasteiger partial charge in [0.15, 0.2) is 0 Å². The van der Waals surface area contributed by atoms with Crippen LogP contribution in [0, 0.1) is 0 Å². The number of aryl methyl sites for hydroxylation is 1. The van der Waals surface area contributed by atoms with Crippen molar-refractivity contribution in [3.8, 4) is 0 Å². The van der Waals surface area contributed by atoms with E-state index in [2.05, 4.69) is 10.6 Å². The van der Waals surface area contributed by atoms with Crippen molar-refractivity contribution in [1.29, 1.82) is 0 Å². The maximum Gasteiger partial charge on any atom is 0.238 e. The minimum Gasteiger partial charge on any atom is -0.348 e. The molecule has 0 aromatic heterocycles. The number of para-hydroxylation sites is 1. The molecule has 2 aromatic carbocycles. The number of anilines is 1. The van der Waals surface area contributed by atoms with Gasteiger partial charge in [0.25, 0.3) is 0 Å². The van der Waals surface area contributed by atoms with Crippen LogP contribution in [0.5, 0.6) is 0 Å². The second kappa shape index (κ2) is 10.6. The van der Waals surface area contributed by atoms with Crippen molar-refractivity contribution in [1.82, 2.24) is 10.2 Å². The van der Waals surface area contributed by atoms with Gasteiger partial charge >= 0.3 is 0 Å². The van der Waals surface area contributed by atoms with E-state index < -0.39 is 6.04 Å². The van der Waals surface area contributed by atoms with Gasteiger partial charge in [-0.25, -0.2) is 0 Å². The van der Waals surface area contributed by atoms with Crippen LogP contribution in [0.1, 0.15) is 37.9 Å². The number of halogens is 2. The third-order valence-corrected chi connectivity index (χ3v) is 5.46. The SMILES string of the molecule is CCc1ccccc1NC(=O)CN(C)C(C)C(=O)NC(C)c1ccc(Cl)cc1Cl. The summed E-state index contributed by atoms with van der Waals surface area (Å²) in [6.07, 6.45) is 0.830. The lowest BCUT2D eigenvalue weighted by Crippen LogP contribution is -2.46. The molecule has 0 spiro atoms. The molecule has 2 unspecified atom stereocenters. The lowest BCUT2D eigenvalue weighted by atomic mass is 10.1. The highest BCUT2D eigenvalue weighted by Gasteiger charge is 2.22. The molecule has 0 fully saturated rings. The fourth-order valence-electron chi connectivity index (χ4n) is 2.97. The Kier molecular flexibility index (Phi) is 8.50. The standard InChI is InChI=1S/C22H27Cl2N3O2/c1-5-16-8-6-7-9-20(16)26-21(28)13-27(4)15(3)22(29)25-14(2)18-11-10-17(23)12-19(18)24/h6-12,14-15H,5,13H2,1-4H3,(H,25,29)(H,26,28). The van der Waals surface area contributed by atoms with Crippen molar-refractivity contribution in [3.05, 3.63) is 63.6 Å². The molecule has 2 N–H and O–H groups in total. The molecule has 2 aromatic rings. The predicted octanol–water partition coefficient (Wildman–Crippen LogP) is 4.69. The molecule has 156 valence electrons. The number of rotatable bonds is 8. The summed E-state index contributed by atoms with van der Waals surface area (Å²) in [6, 6.07) is 12.1. The van der Waals surface area contributed by atoms with Crippen LogP contribution in [-0.2, 0) is 16.0 Å². The summed E-state index contributed by atoms with van der Waals surface area (Å²) >= 11 is 12.1. The zero-order chi connectivity index (χ0) is 21.6. The lowest BCUT2D eigenvalue weighted by molar-refractivity contribution is -0.127. The number of hydrogen-bond donors (Lipinski definition) is 2. The summed E-state index contributed by atoms with van der Waals surface area (Å²) in [4.78, 5) is 26.8. The number of carbonyl (C=O) groups is 2. The van der Waals surface area contributed by atoms with Gasteiger partial charge in [0, 0.05) is 15.7 Å². The second-order valence-corrected chi connectivity index (χ2v) is 7.89. The van der Waals surface area contributed by atoms with Crippen LogP contribution < -0.4 is 10.6 Å². The van der Waals surface area contributed by atoms with Crippen LogP contribution in [0.4, 0.5) is 5.69 Å². The molecule has 29 heavy (non-hydrogen) atoms. The number of nitrogens with zero attached hydrogens (tertiary/aromatic N) is 1. The Morgan fingerprint density at radius 2 is 1.79 bits per heavy atom. The van der Waals surface area contributed by atoms with Gasteiger partial charge in [-0.2, -0.15) is 0 Å². The van der Waals surface area contributed by atoms with Crippen LogP contribution in [0.3, 0.4) is 0 Å². The minimum atomic E-state index is -0.490. The van der Waals surface area contributed by atoms with E-state index in [9.17, 15) is 9.59 Å². The van der Waals surface area contributed by atoms with E-state index in [-0.39, 0.29) is 24.4 Å². The Bertz CT molecular complexity index is 873. The summed E-state index contributed by atoms with van der Waals surface area (Å²) in [5.41, 5.74) is 2.66. The zero-order valence-electron chi connectivity index (χ0n) is 17.1. The van der Waals surface area contributed by atoms with Crippen molar-refractivity contribution in [2.45, 2.75) is 39.3 Å². The van der Waals surface area contributed by atoms with Gasteiger partial charge in [-0.15, -0.1) is 0 Å². The van der Waals surface area contributed by atoms with Gasteiger partial charge in [0.1, 0.15) is 0 Å². The molecule has 0 aliphatic heterocycles. The van der Waals surface area contributed by atoms with E-state index in [4.69, 9.17) is 23.2 Å². The van der Waals surface area contributed by atoms with Crippen molar-refractivity contribution in [2.24, 2.45) is 0 Å². The molecule has 2 atom stereocenters. The maximum atomic E-state index is 12.6. The fourth-order valence-corrected chi connectivity index (χ4v) is 3.54. The summed E-state index contributed by atoms with van der Waals surface area (Å²) < 4.78 is 0. The lowest BCUT2D eigenvalue weighted by Gasteiger charge is -2.25. The molecule has 5 nitrogen and oxygen atoms in total. The van der Waals surface area contributed by atoms with Gasteiger partial charge in [0.2, 0.25) is 11.8 Å². The molecule has 2 rings (SSSR count). The average molecular weight is 436 g/mol. The summed E-state index contributed by atoms with van der Waals surface area (Å²) in [5.74, 6) is -0.352. The van der Waals surface area contributed by atoms with Crippen molar-refractivity contribution in [2.75, 3.05) is 18.9 Å². The highest BCUT2D eigenvalue weighted by atomic mass is 35.5. The van der Waals surface area contributed by atoms with E-state index in [1.807, 2.05) is 38.1 Å². The van der Waals surface area contributed by atoms with Gasteiger partial charge in [-0.05, 0) is 56.6 Å². The van der Waals surface area contributed by atoms with Crippen LogP contribution in [-0.4, -0.2) is 36.3 Å². The first-order valence-corrected chi connectivity index (χ1v) is 10.3. The van der Waals surface area contributed by atoms with Gasteiger partial charge < -0.3 is 10.6 Å². The molecule has 7 heteroatoms. The van der Waals surface area contributed by atoms with Crippen molar-refractivity contribution < 1.29 is 9.59 Å². The van der Waals surface area contributed by atoms with Crippen LogP contribution in [0.2, 0.25) is 10.0 Å². The predicted molar refractivity (Wildman–Crippen MR) is 120 cm³/mol. The van der Waals surface area contributed by atoms with Gasteiger partial charge in [-0.3, -0.25) is 14.5 Å². The molecule has 0 saturated heterocycles. The summed E-state index contributed by atoms with van der Waals surface area (Å²) in [7, 11) is 1.75. The largest absolute Gasteiger partial charge is 0.348 e. The Morgan fingerprint density at radius 1 is 1.10 bits per heavy atom. The first kappa shape index (κ1) is 23.2. The number of amides is 2. The van der Waals surface area contributed by atoms with Crippen molar-refractivity contribution in [3.63, 3.8) is 0 Å². The summed E-state index contributed by atoms with van der Waals surface area (Å²) in [5, 5.41) is 6.90. The Morgan fingerprint density at radius 3 is 2.45 bits per heavy atom. The molecule has 0 heterocycles. The second-order valence-electron chi connectivity index (χ2n) is 7.05. The monoisotopic (exact) mass is 435 g/mol. The normalized spacial score (nSPS) is 13.1. The first-order chi connectivity index (χ1) is 13.7. The Balaban J connectivity index is 1.93. The van der Waals surface area contributed by atoms with Gasteiger partial charge in [0.05, 0.1) is 18.6 Å². The van der Waals surface area contributed by atoms with Crippen LogP contribution >= 0.6 is 23.2 Å². The molecular formula is C22H27Cl2N3O2. The maximum absolute atomic E-state index is 12.6. The number of likely N-dealkylation sites (N-methyl/N-ethyl adjacent to an activating group) is 1. The van der Waals surface area contributed by atoms with Crippen LogP contribution in [0.25, 0.3) is 0 Å². The van der Waals surface area contributed by atoms with E-state index in [1.165, 1.54) is 0 Å². The number of benzene rings is 2. The smallest absolute Gasteiger partial charge is 0.238 e. The fraction of sp³-hybridized carbons (Fsp3) is 0.364. The first-order valence-electron chi connectivity index (χ1n) is 9.56. The third-order valence-electron chi connectivity index (χ3n) is 4.89. The highest BCUT2D eigenvalue weighted by Crippen LogP contribution is 2.26. The molecule has 2 amide bonds. The molecule has 0 aliphatic carbocycles. The number of carbonyl (C=O) groups excluding carboxylic acids is 2. The Hall–Kier alpha value is -2.08.